The van der Waals surface area contributed by atoms with Crippen LogP contribution >= 0.6 is 15.9 Å². The van der Waals surface area contributed by atoms with Crippen molar-refractivity contribution >= 4 is 33.2 Å². The van der Waals surface area contributed by atoms with E-state index in [4.69, 9.17) is 0 Å². The molecule has 0 radical (unpaired) electrons. The predicted molar refractivity (Wildman–Crippen MR) is 85.4 cm³/mol. The van der Waals surface area contributed by atoms with Gasteiger partial charge >= 0.3 is 0 Å². The summed E-state index contributed by atoms with van der Waals surface area (Å²) in [6.45, 7) is 3.84. The number of nitrogens with zero attached hydrogens (tertiary/aromatic N) is 1. The van der Waals surface area contributed by atoms with Crippen LogP contribution in [0, 0.1) is 13.8 Å². The average Bonchev–Trinajstić information content (AvgIpc) is 2.43. The number of pyridine rings is 1. The second kappa shape index (κ2) is 6.05. The Balaban J connectivity index is 2.31. The SMILES string of the molecule is CNc1cc(C)ncc1C(=O)Nc1cccc(Br)c1C. The number of nitrogens with one attached hydrogen (secondary N) is 2. The summed E-state index contributed by atoms with van der Waals surface area (Å²) in [6, 6.07) is 7.55. The smallest absolute Gasteiger partial charge is 0.259 e. The third-order valence-electron chi connectivity index (χ3n) is 3.07. The lowest BCUT2D eigenvalue weighted by Crippen LogP contribution is -2.15. The summed E-state index contributed by atoms with van der Waals surface area (Å²) >= 11 is 3.45. The summed E-state index contributed by atoms with van der Waals surface area (Å²) in [6.07, 6.45) is 1.59. The molecule has 0 aliphatic heterocycles. The van der Waals surface area contributed by atoms with Crippen LogP contribution in [0.3, 0.4) is 0 Å². The van der Waals surface area contributed by atoms with Crippen molar-refractivity contribution in [1.29, 1.82) is 0 Å². The highest BCUT2D eigenvalue weighted by atomic mass is 79.9. The summed E-state index contributed by atoms with van der Waals surface area (Å²) in [7, 11) is 1.79. The Morgan fingerprint density at radius 1 is 1.25 bits per heavy atom. The minimum Gasteiger partial charge on any atom is -0.387 e. The Morgan fingerprint density at radius 3 is 2.70 bits per heavy atom. The van der Waals surface area contributed by atoms with E-state index in [1.165, 1.54) is 0 Å². The molecule has 0 bridgehead atoms. The molecule has 4 nitrogen and oxygen atoms in total. The number of hydrogen-bond donors (Lipinski definition) is 2. The van der Waals surface area contributed by atoms with Crippen molar-refractivity contribution in [2.24, 2.45) is 0 Å². The van der Waals surface area contributed by atoms with E-state index in [-0.39, 0.29) is 5.91 Å². The molecule has 0 saturated heterocycles. The second-order valence-corrected chi connectivity index (χ2v) is 5.34. The first-order chi connectivity index (χ1) is 9.52. The van der Waals surface area contributed by atoms with Gasteiger partial charge in [0, 0.05) is 29.1 Å². The maximum atomic E-state index is 12.4. The molecule has 0 atom stereocenters. The number of carbonyl (C=O) groups is 1. The lowest BCUT2D eigenvalue weighted by atomic mass is 10.1. The van der Waals surface area contributed by atoms with Gasteiger partial charge in [-0.15, -0.1) is 0 Å². The van der Waals surface area contributed by atoms with E-state index < -0.39 is 0 Å². The van der Waals surface area contributed by atoms with Gasteiger partial charge in [-0.05, 0) is 37.6 Å². The Kier molecular flexibility index (Phi) is 4.39. The highest BCUT2D eigenvalue weighted by Crippen LogP contribution is 2.25. The first-order valence-electron chi connectivity index (χ1n) is 6.23. The summed E-state index contributed by atoms with van der Waals surface area (Å²) in [5.41, 5.74) is 3.93. The monoisotopic (exact) mass is 333 g/mol. The normalized spacial score (nSPS) is 10.2. The number of benzene rings is 1. The topological polar surface area (TPSA) is 54.0 Å². The molecule has 0 saturated carbocycles. The molecule has 20 heavy (non-hydrogen) atoms. The highest BCUT2D eigenvalue weighted by Gasteiger charge is 2.13. The molecule has 0 aliphatic carbocycles. The van der Waals surface area contributed by atoms with Crippen molar-refractivity contribution in [2.45, 2.75) is 13.8 Å². The summed E-state index contributed by atoms with van der Waals surface area (Å²) in [4.78, 5) is 16.5. The molecule has 2 N–H and O–H groups in total. The highest BCUT2D eigenvalue weighted by molar-refractivity contribution is 9.10. The minimum atomic E-state index is -0.178. The third-order valence-corrected chi connectivity index (χ3v) is 3.93. The number of amides is 1. The number of carbonyl (C=O) groups excluding carboxylic acids is 1. The fourth-order valence-corrected chi connectivity index (χ4v) is 2.25. The van der Waals surface area contributed by atoms with Gasteiger partial charge in [-0.2, -0.15) is 0 Å². The largest absolute Gasteiger partial charge is 0.387 e. The van der Waals surface area contributed by atoms with E-state index in [9.17, 15) is 4.79 Å². The van der Waals surface area contributed by atoms with Crippen molar-refractivity contribution in [2.75, 3.05) is 17.7 Å². The third kappa shape index (κ3) is 2.99. The van der Waals surface area contributed by atoms with E-state index in [1.807, 2.05) is 38.1 Å². The number of anilines is 2. The molecule has 104 valence electrons. The average molecular weight is 334 g/mol. The van der Waals surface area contributed by atoms with Crippen molar-refractivity contribution < 1.29 is 4.79 Å². The summed E-state index contributed by atoms with van der Waals surface area (Å²) in [5, 5.41) is 5.93. The lowest BCUT2D eigenvalue weighted by molar-refractivity contribution is 0.102. The van der Waals surface area contributed by atoms with Crippen LogP contribution in [0.5, 0.6) is 0 Å². The van der Waals surface area contributed by atoms with E-state index in [1.54, 1.807) is 13.2 Å². The van der Waals surface area contributed by atoms with Gasteiger partial charge in [0.05, 0.1) is 11.3 Å². The lowest BCUT2D eigenvalue weighted by Gasteiger charge is -2.12. The van der Waals surface area contributed by atoms with Crippen LogP contribution in [0.25, 0.3) is 0 Å². The van der Waals surface area contributed by atoms with Crippen LogP contribution in [0.15, 0.2) is 34.9 Å². The molecule has 0 unspecified atom stereocenters. The van der Waals surface area contributed by atoms with Crippen molar-refractivity contribution in [3.05, 3.63) is 51.8 Å². The standard InChI is InChI=1S/C15H16BrN3O/c1-9-7-14(17-3)11(8-18-9)15(20)19-13-6-4-5-12(16)10(13)2/h4-8H,1-3H3,(H,17,18)(H,19,20). The Bertz CT molecular complexity index is 656. The van der Waals surface area contributed by atoms with E-state index in [0.29, 0.717) is 5.56 Å². The quantitative estimate of drug-likeness (QED) is 0.899. The minimum absolute atomic E-state index is 0.178. The number of aryl methyl sites for hydroxylation is 1. The maximum absolute atomic E-state index is 12.4. The second-order valence-electron chi connectivity index (χ2n) is 4.49. The first kappa shape index (κ1) is 14.5. The van der Waals surface area contributed by atoms with E-state index in [0.717, 1.165) is 27.1 Å². The van der Waals surface area contributed by atoms with Gasteiger partial charge in [-0.1, -0.05) is 22.0 Å². The zero-order chi connectivity index (χ0) is 14.7. The van der Waals surface area contributed by atoms with Crippen molar-refractivity contribution in [3.8, 4) is 0 Å². The molecule has 0 spiro atoms. The van der Waals surface area contributed by atoms with Crippen LogP contribution in [0.2, 0.25) is 0 Å². The summed E-state index contributed by atoms with van der Waals surface area (Å²) < 4.78 is 0.964. The van der Waals surface area contributed by atoms with Crippen LogP contribution in [0.4, 0.5) is 11.4 Å². The molecule has 1 amide bonds. The van der Waals surface area contributed by atoms with E-state index >= 15 is 0 Å². The number of rotatable bonds is 3. The molecule has 1 aromatic carbocycles. The molecular weight excluding hydrogens is 318 g/mol. The Labute approximate surface area is 126 Å². The van der Waals surface area contributed by atoms with Crippen LogP contribution in [0.1, 0.15) is 21.6 Å². The molecule has 2 aromatic rings. The van der Waals surface area contributed by atoms with Gasteiger partial charge in [0.15, 0.2) is 0 Å². The van der Waals surface area contributed by atoms with Gasteiger partial charge in [0.1, 0.15) is 0 Å². The molecule has 1 heterocycles. The first-order valence-corrected chi connectivity index (χ1v) is 7.03. The Hall–Kier alpha value is -1.88. The van der Waals surface area contributed by atoms with Crippen LogP contribution in [-0.2, 0) is 0 Å². The predicted octanol–water partition coefficient (Wildman–Crippen LogP) is 3.75. The molecule has 0 fully saturated rings. The maximum Gasteiger partial charge on any atom is 0.259 e. The molecular formula is C15H16BrN3O. The van der Waals surface area contributed by atoms with Crippen molar-refractivity contribution in [1.82, 2.24) is 4.98 Å². The zero-order valence-corrected chi connectivity index (χ0v) is 13.2. The molecule has 1 aromatic heterocycles. The number of hydrogen-bond acceptors (Lipinski definition) is 3. The fraction of sp³-hybridized carbons (Fsp3) is 0.200. The number of aromatic nitrogens is 1. The summed E-state index contributed by atoms with van der Waals surface area (Å²) in [5.74, 6) is -0.178. The zero-order valence-electron chi connectivity index (χ0n) is 11.6. The molecule has 0 aliphatic rings. The van der Waals surface area contributed by atoms with Crippen LogP contribution < -0.4 is 10.6 Å². The Morgan fingerprint density at radius 2 is 2.00 bits per heavy atom. The molecule has 5 heteroatoms. The molecule has 2 rings (SSSR count). The van der Waals surface area contributed by atoms with Crippen LogP contribution in [-0.4, -0.2) is 17.9 Å². The fourth-order valence-electron chi connectivity index (χ4n) is 1.88. The van der Waals surface area contributed by atoms with Gasteiger partial charge in [-0.3, -0.25) is 9.78 Å². The van der Waals surface area contributed by atoms with Gasteiger partial charge < -0.3 is 10.6 Å². The van der Waals surface area contributed by atoms with Gasteiger partial charge in [0.25, 0.3) is 5.91 Å². The number of halogens is 1. The van der Waals surface area contributed by atoms with Crippen molar-refractivity contribution in [3.63, 3.8) is 0 Å². The van der Waals surface area contributed by atoms with Gasteiger partial charge in [0.2, 0.25) is 0 Å². The van der Waals surface area contributed by atoms with Gasteiger partial charge in [-0.25, -0.2) is 0 Å². The van der Waals surface area contributed by atoms with E-state index in [2.05, 4.69) is 31.5 Å².